The molecule has 1 heterocycles. The fourth-order valence-electron chi connectivity index (χ4n) is 3.62. The number of hydrogen-bond acceptors (Lipinski definition) is 4. The standard InChI is InChI=1S/C19H39N5O/c1-17(24-13-11-23(3)12-14-24)16-22-19(20-2)21-10-7-15-25-18-8-5-4-6-9-18/h17-18H,4-16H2,1-3H3,(H2,20,21,22). The molecule has 1 unspecified atom stereocenters. The van der Waals surface area contributed by atoms with Gasteiger partial charge < -0.3 is 20.3 Å². The van der Waals surface area contributed by atoms with E-state index in [9.17, 15) is 0 Å². The Balaban J connectivity index is 1.52. The van der Waals surface area contributed by atoms with Crippen LogP contribution in [-0.4, -0.2) is 87.9 Å². The minimum absolute atomic E-state index is 0.510. The van der Waals surface area contributed by atoms with Crippen LogP contribution in [0.25, 0.3) is 0 Å². The number of guanidine groups is 1. The van der Waals surface area contributed by atoms with Gasteiger partial charge >= 0.3 is 0 Å². The van der Waals surface area contributed by atoms with E-state index in [-0.39, 0.29) is 0 Å². The topological polar surface area (TPSA) is 52.1 Å². The van der Waals surface area contributed by atoms with Gasteiger partial charge in [0.05, 0.1) is 6.10 Å². The van der Waals surface area contributed by atoms with Gasteiger partial charge in [0.2, 0.25) is 0 Å². The van der Waals surface area contributed by atoms with E-state index in [4.69, 9.17) is 4.74 Å². The smallest absolute Gasteiger partial charge is 0.191 e. The van der Waals surface area contributed by atoms with Gasteiger partial charge in [-0.3, -0.25) is 9.89 Å². The second kappa shape index (κ2) is 11.7. The molecule has 0 amide bonds. The molecule has 2 aliphatic rings. The summed E-state index contributed by atoms with van der Waals surface area (Å²) in [5.74, 6) is 0.902. The van der Waals surface area contributed by atoms with Crippen molar-refractivity contribution in [2.45, 2.75) is 57.6 Å². The number of hydrogen-bond donors (Lipinski definition) is 2. The van der Waals surface area contributed by atoms with E-state index in [0.29, 0.717) is 12.1 Å². The number of nitrogens with one attached hydrogen (secondary N) is 2. The van der Waals surface area contributed by atoms with Gasteiger partial charge in [0.15, 0.2) is 5.96 Å². The Morgan fingerprint density at radius 3 is 2.52 bits per heavy atom. The lowest BCUT2D eigenvalue weighted by atomic mass is 9.98. The van der Waals surface area contributed by atoms with E-state index in [0.717, 1.165) is 58.3 Å². The SMILES string of the molecule is CN=C(NCCCOC1CCCCC1)NCC(C)N1CCN(C)CC1. The van der Waals surface area contributed by atoms with Crippen molar-refractivity contribution in [2.75, 3.05) is 60.0 Å². The van der Waals surface area contributed by atoms with E-state index >= 15 is 0 Å². The monoisotopic (exact) mass is 353 g/mol. The molecule has 2 rings (SSSR count). The largest absolute Gasteiger partial charge is 0.378 e. The summed E-state index contributed by atoms with van der Waals surface area (Å²) in [5.41, 5.74) is 0. The highest BCUT2D eigenvalue weighted by molar-refractivity contribution is 5.79. The molecule has 25 heavy (non-hydrogen) atoms. The molecule has 0 aromatic carbocycles. The molecule has 1 saturated carbocycles. The highest BCUT2D eigenvalue weighted by atomic mass is 16.5. The first kappa shape index (κ1) is 20.5. The van der Waals surface area contributed by atoms with Gasteiger partial charge in [0.25, 0.3) is 0 Å². The molecular weight excluding hydrogens is 314 g/mol. The molecule has 0 aromatic heterocycles. The summed E-state index contributed by atoms with van der Waals surface area (Å²) in [6, 6.07) is 0.530. The summed E-state index contributed by atoms with van der Waals surface area (Å²) < 4.78 is 5.97. The Labute approximate surface area is 154 Å². The van der Waals surface area contributed by atoms with Gasteiger partial charge in [-0.1, -0.05) is 19.3 Å². The van der Waals surface area contributed by atoms with E-state index in [1.165, 1.54) is 32.1 Å². The van der Waals surface area contributed by atoms with Gasteiger partial charge in [-0.05, 0) is 33.2 Å². The lowest BCUT2D eigenvalue weighted by Crippen LogP contribution is -2.52. The van der Waals surface area contributed by atoms with Crippen molar-refractivity contribution in [3.05, 3.63) is 0 Å². The molecule has 0 aromatic rings. The third kappa shape index (κ3) is 7.92. The Bertz CT molecular complexity index is 376. The van der Waals surface area contributed by atoms with E-state index in [2.05, 4.69) is 39.4 Å². The zero-order valence-corrected chi connectivity index (χ0v) is 16.6. The first-order valence-corrected chi connectivity index (χ1v) is 10.2. The minimum Gasteiger partial charge on any atom is -0.378 e. The van der Waals surface area contributed by atoms with Crippen LogP contribution in [0, 0.1) is 0 Å². The lowest BCUT2D eigenvalue weighted by Gasteiger charge is -2.36. The third-order valence-electron chi connectivity index (χ3n) is 5.47. The molecule has 6 nitrogen and oxygen atoms in total. The van der Waals surface area contributed by atoms with Gasteiger partial charge in [0.1, 0.15) is 0 Å². The normalized spacial score (nSPS) is 22.8. The van der Waals surface area contributed by atoms with Crippen molar-refractivity contribution in [3.63, 3.8) is 0 Å². The maximum atomic E-state index is 5.97. The zero-order valence-electron chi connectivity index (χ0n) is 16.6. The first-order valence-electron chi connectivity index (χ1n) is 10.2. The summed E-state index contributed by atoms with van der Waals surface area (Å²) >= 11 is 0. The van der Waals surface area contributed by atoms with Crippen LogP contribution in [0.5, 0.6) is 0 Å². The van der Waals surface area contributed by atoms with Gasteiger partial charge in [-0.25, -0.2) is 0 Å². The fraction of sp³-hybridized carbons (Fsp3) is 0.947. The molecule has 0 spiro atoms. The van der Waals surface area contributed by atoms with Crippen LogP contribution in [0.4, 0.5) is 0 Å². The molecule has 2 fully saturated rings. The number of nitrogens with zero attached hydrogens (tertiary/aromatic N) is 3. The van der Waals surface area contributed by atoms with Gasteiger partial charge in [-0.2, -0.15) is 0 Å². The predicted molar refractivity (Wildman–Crippen MR) is 105 cm³/mol. The van der Waals surface area contributed by atoms with Crippen LogP contribution < -0.4 is 10.6 Å². The Hall–Kier alpha value is -0.850. The van der Waals surface area contributed by atoms with Crippen molar-refractivity contribution < 1.29 is 4.74 Å². The third-order valence-corrected chi connectivity index (χ3v) is 5.47. The summed E-state index contributed by atoms with van der Waals surface area (Å²) in [4.78, 5) is 9.28. The second-order valence-electron chi connectivity index (χ2n) is 7.55. The Morgan fingerprint density at radius 1 is 1.12 bits per heavy atom. The summed E-state index contributed by atoms with van der Waals surface area (Å²) in [5, 5.41) is 6.87. The maximum Gasteiger partial charge on any atom is 0.191 e. The highest BCUT2D eigenvalue weighted by Crippen LogP contribution is 2.20. The van der Waals surface area contributed by atoms with Crippen LogP contribution in [0.3, 0.4) is 0 Å². The van der Waals surface area contributed by atoms with Crippen molar-refractivity contribution in [1.29, 1.82) is 0 Å². The summed E-state index contributed by atoms with van der Waals surface area (Å²) in [7, 11) is 4.04. The van der Waals surface area contributed by atoms with E-state index in [1.807, 2.05) is 7.05 Å². The van der Waals surface area contributed by atoms with Crippen molar-refractivity contribution >= 4 is 5.96 Å². The summed E-state index contributed by atoms with van der Waals surface area (Å²) in [6.07, 6.45) is 8.11. The van der Waals surface area contributed by atoms with E-state index < -0.39 is 0 Å². The first-order chi connectivity index (χ1) is 12.2. The van der Waals surface area contributed by atoms with Crippen LogP contribution >= 0.6 is 0 Å². The maximum absolute atomic E-state index is 5.97. The number of rotatable bonds is 8. The molecule has 1 aliphatic heterocycles. The number of likely N-dealkylation sites (N-methyl/N-ethyl adjacent to an activating group) is 1. The molecule has 1 atom stereocenters. The Morgan fingerprint density at radius 2 is 1.84 bits per heavy atom. The van der Waals surface area contributed by atoms with Crippen LogP contribution in [0.15, 0.2) is 4.99 Å². The molecule has 1 saturated heterocycles. The number of aliphatic imine (C=N–C) groups is 1. The molecule has 0 bridgehead atoms. The molecular formula is C19H39N5O. The fourth-order valence-corrected chi connectivity index (χ4v) is 3.62. The molecule has 146 valence electrons. The summed E-state index contributed by atoms with van der Waals surface area (Å²) in [6.45, 7) is 9.64. The van der Waals surface area contributed by atoms with Crippen LogP contribution in [-0.2, 0) is 4.74 Å². The second-order valence-corrected chi connectivity index (χ2v) is 7.55. The molecule has 0 radical (unpaired) electrons. The number of ether oxygens (including phenoxy) is 1. The molecule has 6 heteroatoms. The van der Waals surface area contributed by atoms with Crippen molar-refractivity contribution in [2.24, 2.45) is 4.99 Å². The average Bonchev–Trinajstić information content (AvgIpc) is 2.65. The highest BCUT2D eigenvalue weighted by Gasteiger charge is 2.19. The minimum atomic E-state index is 0.510. The average molecular weight is 354 g/mol. The van der Waals surface area contributed by atoms with Crippen molar-refractivity contribution in [3.8, 4) is 0 Å². The predicted octanol–water partition coefficient (Wildman–Crippen LogP) is 1.53. The Kier molecular flexibility index (Phi) is 9.58. The lowest BCUT2D eigenvalue weighted by molar-refractivity contribution is 0.0277. The molecule has 1 aliphatic carbocycles. The number of piperazine rings is 1. The van der Waals surface area contributed by atoms with E-state index in [1.54, 1.807) is 0 Å². The molecule has 2 N–H and O–H groups in total. The van der Waals surface area contributed by atoms with Crippen LogP contribution in [0.1, 0.15) is 45.4 Å². The zero-order chi connectivity index (χ0) is 17.9. The van der Waals surface area contributed by atoms with Gasteiger partial charge in [0, 0.05) is 59.0 Å². The quantitative estimate of drug-likeness (QED) is 0.394. The van der Waals surface area contributed by atoms with Crippen LogP contribution in [0.2, 0.25) is 0 Å². The van der Waals surface area contributed by atoms with Crippen molar-refractivity contribution in [1.82, 2.24) is 20.4 Å². The van der Waals surface area contributed by atoms with Gasteiger partial charge in [-0.15, -0.1) is 0 Å².